The average Bonchev–Trinajstić information content (AvgIpc) is 3.85. The third-order valence-electron chi connectivity index (χ3n) is 11.1. The van der Waals surface area contributed by atoms with E-state index in [1.807, 2.05) is 83.8 Å². The van der Waals surface area contributed by atoms with Crippen LogP contribution in [0.15, 0.2) is 97.1 Å². The summed E-state index contributed by atoms with van der Waals surface area (Å²) in [6.07, 6.45) is 3.52. The van der Waals surface area contributed by atoms with Gasteiger partial charge in [-0.05, 0) is 84.8 Å². The Morgan fingerprint density at radius 2 is 1.56 bits per heavy atom. The minimum atomic E-state index is -0.184. The number of carbonyl (C=O) groups is 2. The molecule has 1 N–H and O–H groups in total. The Morgan fingerprint density at radius 3 is 2.37 bits per heavy atom. The van der Waals surface area contributed by atoms with Gasteiger partial charge in [-0.2, -0.15) is 0 Å². The Kier molecular flexibility index (Phi) is 9.53. The van der Waals surface area contributed by atoms with Crippen LogP contribution < -0.4 is 19.5 Å². The fourth-order valence-electron chi connectivity index (χ4n) is 8.23. The first-order chi connectivity index (χ1) is 26.6. The van der Waals surface area contributed by atoms with Crippen molar-refractivity contribution in [3.05, 3.63) is 131 Å². The third kappa shape index (κ3) is 6.95. The van der Waals surface area contributed by atoms with E-state index in [9.17, 15) is 4.79 Å². The van der Waals surface area contributed by atoms with Crippen LogP contribution in [0.5, 0.6) is 17.2 Å². The molecule has 1 atom stereocenters. The molecular formula is C44H44N4O6. The number of carbonyl (C=O) groups excluding carboxylic acids is 2. The largest absolute Gasteiger partial charge is 0.489 e. The van der Waals surface area contributed by atoms with Crippen molar-refractivity contribution in [2.75, 3.05) is 45.0 Å². The molecule has 4 aliphatic heterocycles. The summed E-state index contributed by atoms with van der Waals surface area (Å²) in [5, 5.41) is 3.12. The Morgan fingerprint density at radius 1 is 0.796 bits per heavy atom. The summed E-state index contributed by atoms with van der Waals surface area (Å²) < 4.78 is 25.5. The van der Waals surface area contributed by atoms with Gasteiger partial charge in [0, 0.05) is 61.4 Å². The van der Waals surface area contributed by atoms with Crippen molar-refractivity contribution in [3.63, 3.8) is 0 Å². The summed E-state index contributed by atoms with van der Waals surface area (Å²) in [4.78, 5) is 33.5. The van der Waals surface area contributed by atoms with Crippen LogP contribution >= 0.6 is 0 Å². The monoisotopic (exact) mass is 724 g/mol. The Hall–Kier alpha value is -5.58. The van der Waals surface area contributed by atoms with Crippen molar-refractivity contribution in [2.24, 2.45) is 0 Å². The molecule has 276 valence electrons. The molecule has 1 aromatic heterocycles. The second-order valence-corrected chi connectivity index (χ2v) is 14.5. The lowest BCUT2D eigenvalue weighted by Gasteiger charge is -2.40. The topological polar surface area (TPSA) is 94.5 Å². The first-order valence-corrected chi connectivity index (χ1v) is 19.0. The predicted molar refractivity (Wildman–Crippen MR) is 205 cm³/mol. The van der Waals surface area contributed by atoms with Crippen LogP contribution in [0.3, 0.4) is 0 Å². The number of benzene rings is 4. The fraction of sp³-hybridized carbons (Fsp3) is 0.318. The third-order valence-corrected chi connectivity index (χ3v) is 11.1. The van der Waals surface area contributed by atoms with Gasteiger partial charge in [0.1, 0.15) is 12.4 Å². The van der Waals surface area contributed by atoms with E-state index in [-0.39, 0.29) is 24.6 Å². The normalized spacial score (nSPS) is 17.8. The molecule has 0 aliphatic carbocycles. The molecule has 10 heteroatoms. The van der Waals surface area contributed by atoms with Gasteiger partial charge in [-0.15, -0.1) is 0 Å². The number of ether oxygens (including phenoxy) is 4. The summed E-state index contributed by atoms with van der Waals surface area (Å²) in [5.74, 6) is 1.65. The molecule has 2 amide bonds. The molecule has 54 heavy (non-hydrogen) atoms. The number of amides is 2. The Labute approximate surface area is 315 Å². The molecule has 0 radical (unpaired) electrons. The van der Waals surface area contributed by atoms with Gasteiger partial charge in [0.25, 0.3) is 11.8 Å². The van der Waals surface area contributed by atoms with Gasteiger partial charge in [-0.25, -0.2) is 0 Å². The van der Waals surface area contributed by atoms with Crippen LogP contribution in [0.25, 0.3) is 11.3 Å². The molecule has 0 unspecified atom stereocenters. The molecule has 10 nitrogen and oxygen atoms in total. The molecule has 5 aromatic rings. The van der Waals surface area contributed by atoms with Gasteiger partial charge in [0.2, 0.25) is 6.79 Å². The van der Waals surface area contributed by atoms with Gasteiger partial charge in [0.05, 0.1) is 24.3 Å². The molecule has 0 spiro atoms. The second-order valence-electron chi connectivity index (χ2n) is 14.5. The van der Waals surface area contributed by atoms with Gasteiger partial charge in [-0.3, -0.25) is 14.5 Å². The van der Waals surface area contributed by atoms with Crippen LogP contribution in [-0.4, -0.2) is 71.9 Å². The van der Waals surface area contributed by atoms with E-state index < -0.39 is 0 Å². The SMILES string of the molecule is O=C(Nc1ccc(OCc2ccccc2)cc1)c1cc(-c2cc3c(cc2C(=O)N2Cc4ccccc4C[C@H]2CN2CCOCC2)OCO3)n2c1CCCC2. The minimum absolute atomic E-state index is 0.0125. The highest BCUT2D eigenvalue weighted by Crippen LogP contribution is 2.42. The fourth-order valence-corrected chi connectivity index (χ4v) is 8.23. The number of rotatable bonds is 9. The smallest absolute Gasteiger partial charge is 0.257 e. The highest BCUT2D eigenvalue weighted by atomic mass is 16.7. The van der Waals surface area contributed by atoms with Gasteiger partial charge >= 0.3 is 0 Å². The van der Waals surface area contributed by atoms with Crippen molar-refractivity contribution >= 4 is 17.5 Å². The van der Waals surface area contributed by atoms with Gasteiger partial charge in [-0.1, -0.05) is 54.6 Å². The molecule has 1 saturated heterocycles. The first-order valence-electron chi connectivity index (χ1n) is 19.0. The number of fused-ring (bicyclic) bond motifs is 3. The van der Waals surface area contributed by atoms with Crippen LogP contribution in [0.1, 0.15) is 55.9 Å². The van der Waals surface area contributed by atoms with Gasteiger partial charge < -0.3 is 33.7 Å². The van der Waals surface area contributed by atoms with Crippen molar-refractivity contribution < 1.29 is 28.5 Å². The first kappa shape index (κ1) is 34.2. The zero-order valence-corrected chi connectivity index (χ0v) is 30.3. The number of hydrogen-bond donors (Lipinski definition) is 1. The maximum atomic E-state index is 15.0. The van der Waals surface area contributed by atoms with E-state index >= 15 is 4.79 Å². The van der Waals surface area contributed by atoms with Crippen molar-refractivity contribution in [1.82, 2.24) is 14.4 Å². The van der Waals surface area contributed by atoms with Crippen LogP contribution in [0.4, 0.5) is 5.69 Å². The summed E-state index contributed by atoms with van der Waals surface area (Å²) in [6, 6.07) is 31.6. The zero-order chi connectivity index (χ0) is 36.4. The summed E-state index contributed by atoms with van der Waals surface area (Å²) in [6.45, 7) is 5.72. The highest BCUT2D eigenvalue weighted by Gasteiger charge is 2.35. The van der Waals surface area contributed by atoms with E-state index in [1.165, 1.54) is 11.1 Å². The quantitative estimate of drug-likeness (QED) is 0.176. The molecular weight excluding hydrogens is 681 g/mol. The van der Waals surface area contributed by atoms with E-state index in [0.29, 0.717) is 54.7 Å². The number of aromatic nitrogens is 1. The Bertz CT molecular complexity index is 2160. The number of anilines is 1. The van der Waals surface area contributed by atoms with Crippen molar-refractivity contribution in [1.29, 1.82) is 0 Å². The maximum absolute atomic E-state index is 15.0. The molecule has 4 aliphatic rings. The van der Waals surface area contributed by atoms with Crippen molar-refractivity contribution in [3.8, 4) is 28.5 Å². The lowest BCUT2D eigenvalue weighted by Crippen LogP contribution is -2.52. The number of morpholine rings is 1. The summed E-state index contributed by atoms with van der Waals surface area (Å²) >= 11 is 0. The Balaban J connectivity index is 1.03. The molecule has 9 rings (SSSR count). The van der Waals surface area contributed by atoms with Crippen LogP contribution in [-0.2, 0) is 37.3 Å². The predicted octanol–water partition coefficient (Wildman–Crippen LogP) is 6.95. The summed E-state index contributed by atoms with van der Waals surface area (Å²) in [7, 11) is 0. The standard InChI is InChI=1S/C44H44N4O6/c49-43(45-33-13-15-35(16-14-33)52-28-30-8-2-1-3-9-30)38-23-40(47-17-7-6-12-39(38)47)36-24-41-42(54-29-53-41)25-37(36)44(50)48-26-32-11-5-4-10-31(32)22-34(48)27-46-18-20-51-21-19-46/h1-5,8-11,13-16,23-25,34H,6-7,12,17-22,26-29H2,(H,45,49)/t34-/m0/s1. The van der Waals surface area contributed by atoms with E-state index in [2.05, 4.69) is 33.0 Å². The van der Waals surface area contributed by atoms with Crippen LogP contribution in [0, 0.1) is 0 Å². The van der Waals surface area contributed by atoms with E-state index in [0.717, 1.165) is 80.1 Å². The molecule has 1 fully saturated rings. The summed E-state index contributed by atoms with van der Waals surface area (Å²) in [5.41, 5.74) is 7.95. The number of nitrogens with one attached hydrogen (secondary N) is 1. The average molecular weight is 725 g/mol. The lowest BCUT2D eigenvalue weighted by atomic mass is 9.92. The molecule has 4 aromatic carbocycles. The van der Waals surface area contributed by atoms with E-state index in [4.69, 9.17) is 18.9 Å². The second kappa shape index (κ2) is 15.0. The zero-order valence-electron chi connectivity index (χ0n) is 30.3. The molecule has 0 bridgehead atoms. The maximum Gasteiger partial charge on any atom is 0.257 e. The van der Waals surface area contributed by atoms with Gasteiger partial charge in [0.15, 0.2) is 11.5 Å². The van der Waals surface area contributed by atoms with Crippen molar-refractivity contribution in [2.45, 2.75) is 51.4 Å². The minimum Gasteiger partial charge on any atom is -0.489 e. The number of hydrogen-bond acceptors (Lipinski definition) is 7. The van der Waals surface area contributed by atoms with Crippen LogP contribution in [0.2, 0.25) is 0 Å². The molecule has 5 heterocycles. The van der Waals surface area contributed by atoms with E-state index in [1.54, 1.807) is 0 Å². The highest BCUT2D eigenvalue weighted by molar-refractivity contribution is 6.07. The molecule has 0 saturated carbocycles. The number of nitrogens with zero attached hydrogens (tertiary/aromatic N) is 3. The lowest BCUT2D eigenvalue weighted by molar-refractivity contribution is 0.0193.